The molecule has 0 amide bonds. The summed E-state index contributed by atoms with van der Waals surface area (Å²) >= 11 is 0. The SMILES string of the molecule is CCCCCCCC(=O)[O-].CCCCCCCC(=O)[O-].CCCCCCCC(=O)[O-].CCCCCCCC(=O)[O-].[Ba+2].[Cd+2]. The fraction of sp³-hybridized carbons (Fsp3) is 0.875. The van der Waals surface area contributed by atoms with Gasteiger partial charge in [-0.05, 0) is 51.4 Å². The molecule has 0 aliphatic heterocycles. The van der Waals surface area contributed by atoms with Gasteiger partial charge in [0.05, 0.1) is 0 Å². The molecule has 0 saturated heterocycles. The van der Waals surface area contributed by atoms with Gasteiger partial charge in [0, 0.05) is 23.9 Å². The second kappa shape index (κ2) is 51.0. The first kappa shape index (κ1) is 54.8. The maximum absolute atomic E-state index is 9.92. The van der Waals surface area contributed by atoms with Crippen molar-refractivity contribution in [3.8, 4) is 0 Å². The van der Waals surface area contributed by atoms with Gasteiger partial charge in [0.25, 0.3) is 0 Å². The minimum atomic E-state index is -0.920. The molecule has 0 spiro atoms. The molecule has 0 heterocycles. The van der Waals surface area contributed by atoms with Crippen LogP contribution in [-0.2, 0) is 46.5 Å². The summed E-state index contributed by atoms with van der Waals surface area (Å²) in [6.07, 6.45) is 22.4. The van der Waals surface area contributed by atoms with Crippen molar-refractivity contribution < 1.29 is 66.9 Å². The molecular weight excluding hydrogens is 762 g/mol. The molecule has 0 unspecified atom stereocenters. The van der Waals surface area contributed by atoms with Crippen LogP contribution in [0.1, 0.15) is 182 Å². The van der Waals surface area contributed by atoms with Crippen LogP contribution in [0.5, 0.6) is 0 Å². The van der Waals surface area contributed by atoms with Gasteiger partial charge < -0.3 is 39.6 Å². The molecule has 0 fully saturated rings. The summed E-state index contributed by atoms with van der Waals surface area (Å²) in [5, 5.41) is 39.7. The van der Waals surface area contributed by atoms with Gasteiger partial charge in [-0.25, -0.2) is 0 Å². The molecule has 10 heteroatoms. The number of aliphatic carboxylic acids is 4. The standard InChI is InChI=1S/4C8H16O2.Ba.Cd/c4*1-2-3-4-5-6-7-8(9)10;;/h4*2-7H2,1H3,(H,9,10);;/q;;;;2*+2/p-4. The maximum Gasteiger partial charge on any atom is 2.00 e. The Morgan fingerprint density at radius 2 is 0.476 bits per heavy atom. The molecule has 0 N–H and O–H groups in total. The summed E-state index contributed by atoms with van der Waals surface area (Å²) in [5.74, 6) is -3.68. The number of unbranched alkanes of at least 4 members (excludes halogenated alkanes) is 16. The van der Waals surface area contributed by atoms with Crippen LogP contribution in [0, 0.1) is 0 Å². The van der Waals surface area contributed by atoms with E-state index in [1.54, 1.807) is 0 Å². The predicted octanol–water partition coefficient (Wildman–Crippen LogP) is 4.00. The predicted molar refractivity (Wildman–Crippen MR) is 159 cm³/mol. The molecule has 42 heavy (non-hydrogen) atoms. The molecule has 0 aromatic carbocycles. The number of carboxylic acids is 4. The second-order valence-corrected chi connectivity index (χ2v) is 10.1. The van der Waals surface area contributed by atoms with E-state index in [9.17, 15) is 39.6 Å². The van der Waals surface area contributed by atoms with Crippen LogP contribution in [0.25, 0.3) is 0 Å². The first-order chi connectivity index (χ1) is 19.1. The van der Waals surface area contributed by atoms with Gasteiger partial charge in [-0.15, -0.1) is 0 Å². The van der Waals surface area contributed by atoms with Gasteiger partial charge >= 0.3 is 76.2 Å². The van der Waals surface area contributed by atoms with Crippen molar-refractivity contribution in [1.82, 2.24) is 0 Å². The van der Waals surface area contributed by atoms with E-state index in [-0.39, 0.29) is 102 Å². The van der Waals surface area contributed by atoms with Crippen molar-refractivity contribution in [3.05, 3.63) is 0 Å². The van der Waals surface area contributed by atoms with E-state index in [1.807, 2.05) is 0 Å². The average Bonchev–Trinajstić information content (AvgIpc) is 2.89. The van der Waals surface area contributed by atoms with Gasteiger partial charge in [-0.3, -0.25) is 0 Å². The molecule has 0 radical (unpaired) electrons. The van der Waals surface area contributed by atoms with Crippen LogP contribution in [-0.4, -0.2) is 72.8 Å². The van der Waals surface area contributed by atoms with Crippen molar-refractivity contribution in [2.75, 3.05) is 0 Å². The summed E-state index contributed by atoms with van der Waals surface area (Å²) in [6, 6.07) is 0. The normalized spacial score (nSPS) is 9.24. The van der Waals surface area contributed by atoms with E-state index in [4.69, 9.17) is 0 Å². The van der Waals surface area contributed by atoms with Crippen molar-refractivity contribution in [1.29, 1.82) is 0 Å². The van der Waals surface area contributed by atoms with Gasteiger partial charge in [0.1, 0.15) is 0 Å². The first-order valence-corrected chi connectivity index (χ1v) is 15.9. The van der Waals surface area contributed by atoms with Crippen LogP contribution in [0.4, 0.5) is 0 Å². The minimum absolute atomic E-state index is 0. The number of hydrogen-bond acceptors (Lipinski definition) is 8. The van der Waals surface area contributed by atoms with Crippen LogP contribution >= 0.6 is 0 Å². The average molecular weight is 823 g/mol. The molecular formula is C32H60BaCdO8. The Morgan fingerprint density at radius 3 is 0.595 bits per heavy atom. The number of hydrogen-bond donors (Lipinski definition) is 0. The molecule has 0 saturated carbocycles. The van der Waals surface area contributed by atoms with Gasteiger partial charge in [0.15, 0.2) is 0 Å². The smallest absolute Gasteiger partial charge is 0.550 e. The van der Waals surface area contributed by atoms with Crippen molar-refractivity contribution in [2.24, 2.45) is 0 Å². The minimum Gasteiger partial charge on any atom is -0.550 e. The molecule has 0 aliphatic rings. The van der Waals surface area contributed by atoms with E-state index < -0.39 is 23.9 Å². The Hall–Kier alpha value is 0.374. The monoisotopic (exact) mass is 824 g/mol. The number of carboxylic acid groups (broad SMARTS) is 4. The Kier molecular flexibility index (Phi) is 66.5. The van der Waals surface area contributed by atoms with Crippen LogP contribution in [0.2, 0.25) is 0 Å². The third-order valence-corrected chi connectivity index (χ3v) is 5.94. The number of carbonyl (C=O) groups is 4. The zero-order chi connectivity index (χ0) is 31.3. The number of carbonyl (C=O) groups excluding carboxylic acids is 4. The van der Waals surface area contributed by atoms with Crippen molar-refractivity contribution >= 4 is 72.8 Å². The summed E-state index contributed by atoms with van der Waals surface area (Å²) in [5.41, 5.74) is 0. The second-order valence-electron chi connectivity index (χ2n) is 10.1. The molecule has 0 aromatic heterocycles. The van der Waals surface area contributed by atoms with Crippen LogP contribution in [0.15, 0.2) is 0 Å². The molecule has 0 aromatic rings. The largest absolute Gasteiger partial charge is 2.00 e. The van der Waals surface area contributed by atoms with E-state index >= 15 is 0 Å². The Balaban J connectivity index is -0.000000101. The maximum atomic E-state index is 9.92. The van der Waals surface area contributed by atoms with E-state index in [1.165, 1.54) is 51.4 Å². The zero-order valence-corrected chi connectivity index (χ0v) is 36.1. The van der Waals surface area contributed by atoms with Crippen molar-refractivity contribution in [3.63, 3.8) is 0 Å². The molecule has 240 valence electrons. The van der Waals surface area contributed by atoms with Gasteiger partial charge in [-0.1, -0.05) is 130 Å². The van der Waals surface area contributed by atoms with E-state index in [0.29, 0.717) is 0 Å². The summed E-state index contributed by atoms with van der Waals surface area (Å²) in [7, 11) is 0. The molecule has 0 bridgehead atoms. The third-order valence-electron chi connectivity index (χ3n) is 5.94. The Bertz CT molecular complexity index is 467. The fourth-order valence-electron chi connectivity index (χ4n) is 3.49. The Morgan fingerprint density at radius 1 is 0.333 bits per heavy atom. The zero-order valence-electron chi connectivity index (χ0n) is 27.7. The fourth-order valence-corrected chi connectivity index (χ4v) is 3.49. The third kappa shape index (κ3) is 77.7. The van der Waals surface area contributed by atoms with Crippen LogP contribution < -0.4 is 20.4 Å². The molecule has 0 aliphatic carbocycles. The molecule has 0 rings (SSSR count). The van der Waals surface area contributed by atoms with Gasteiger partial charge in [-0.2, -0.15) is 0 Å². The number of rotatable bonds is 24. The topological polar surface area (TPSA) is 161 Å². The van der Waals surface area contributed by atoms with Crippen LogP contribution in [0.3, 0.4) is 0 Å². The molecule has 0 atom stereocenters. The summed E-state index contributed by atoms with van der Waals surface area (Å²) in [6.45, 7) is 8.55. The van der Waals surface area contributed by atoms with E-state index in [2.05, 4.69) is 27.7 Å². The van der Waals surface area contributed by atoms with Gasteiger partial charge in [0.2, 0.25) is 0 Å². The first-order valence-electron chi connectivity index (χ1n) is 15.9. The summed E-state index contributed by atoms with van der Waals surface area (Å²) in [4.78, 5) is 39.7. The quantitative estimate of drug-likeness (QED) is 0.104. The molecule has 8 nitrogen and oxygen atoms in total. The Labute approximate surface area is 318 Å². The summed E-state index contributed by atoms with van der Waals surface area (Å²) < 4.78 is 0. The van der Waals surface area contributed by atoms with E-state index in [0.717, 1.165) is 77.0 Å². The van der Waals surface area contributed by atoms with Crippen molar-refractivity contribution in [2.45, 2.75) is 182 Å².